The summed E-state index contributed by atoms with van der Waals surface area (Å²) in [5.41, 5.74) is 6.89. The monoisotopic (exact) mass is 481 g/mol. The van der Waals surface area contributed by atoms with E-state index in [1.54, 1.807) is 58.7 Å². The molecule has 0 radical (unpaired) electrons. The molecule has 11 heteroatoms. The topological polar surface area (TPSA) is 122 Å². The second-order valence-corrected chi connectivity index (χ2v) is 9.78. The molecule has 4 aromatic rings. The van der Waals surface area contributed by atoms with E-state index in [2.05, 4.69) is 20.7 Å². The lowest BCUT2D eigenvalue weighted by atomic mass is 10.2. The number of nitrogens with zero attached hydrogens (tertiary/aromatic N) is 2. The Hall–Kier alpha value is -3.96. The van der Waals surface area contributed by atoms with Crippen LogP contribution in [0.3, 0.4) is 0 Å². The minimum Gasteiger partial charge on any atom is -0.278 e. The number of hydrazine groups is 1. The summed E-state index contributed by atoms with van der Waals surface area (Å²) in [5, 5.41) is 5.86. The van der Waals surface area contributed by atoms with Crippen molar-refractivity contribution in [1.82, 2.24) is 20.6 Å². The van der Waals surface area contributed by atoms with Gasteiger partial charge in [0, 0.05) is 17.5 Å². The molecule has 0 bridgehead atoms. The first-order chi connectivity index (χ1) is 15.8. The summed E-state index contributed by atoms with van der Waals surface area (Å²) in [4.78, 5) is 25.1. The van der Waals surface area contributed by atoms with Crippen molar-refractivity contribution in [2.24, 2.45) is 0 Å². The number of carbonyl (C=O) groups is 2. The number of nitrogens with one attached hydrogen (secondary N) is 3. The highest BCUT2D eigenvalue weighted by atomic mass is 32.2. The van der Waals surface area contributed by atoms with Crippen molar-refractivity contribution in [2.45, 2.75) is 11.1 Å². The van der Waals surface area contributed by atoms with E-state index in [-0.39, 0.29) is 15.5 Å². The van der Waals surface area contributed by atoms with Gasteiger partial charge in [0.25, 0.3) is 21.8 Å². The fraction of sp³-hybridized carbons (Fsp3) is 0.0455. The Labute approximate surface area is 194 Å². The van der Waals surface area contributed by atoms with Crippen molar-refractivity contribution < 1.29 is 18.0 Å². The van der Waals surface area contributed by atoms with Gasteiger partial charge in [-0.2, -0.15) is 5.10 Å². The number of rotatable bonds is 6. The van der Waals surface area contributed by atoms with E-state index in [0.717, 1.165) is 22.7 Å². The van der Waals surface area contributed by atoms with Crippen molar-refractivity contribution in [1.29, 1.82) is 0 Å². The van der Waals surface area contributed by atoms with Gasteiger partial charge in [0.2, 0.25) is 0 Å². The summed E-state index contributed by atoms with van der Waals surface area (Å²) >= 11 is 1.06. The molecule has 2 aromatic carbocycles. The smallest absolute Gasteiger partial charge is 0.271 e. The summed E-state index contributed by atoms with van der Waals surface area (Å²) in [6.07, 6.45) is 1.68. The van der Waals surface area contributed by atoms with Crippen LogP contribution in [0, 0.1) is 6.92 Å². The third kappa shape index (κ3) is 4.94. The van der Waals surface area contributed by atoms with Gasteiger partial charge < -0.3 is 0 Å². The van der Waals surface area contributed by atoms with Crippen molar-refractivity contribution in [3.63, 3.8) is 0 Å². The molecule has 4 rings (SSSR count). The number of hydrogen-bond acceptors (Lipinski definition) is 6. The zero-order valence-electron chi connectivity index (χ0n) is 17.3. The number of amides is 2. The summed E-state index contributed by atoms with van der Waals surface area (Å²) in [6.45, 7) is 1.92. The molecule has 0 unspecified atom stereocenters. The van der Waals surface area contributed by atoms with Gasteiger partial charge in [0.15, 0.2) is 0 Å². The van der Waals surface area contributed by atoms with E-state index in [1.165, 1.54) is 18.2 Å². The maximum atomic E-state index is 12.7. The Balaban J connectivity index is 1.43. The van der Waals surface area contributed by atoms with Gasteiger partial charge >= 0.3 is 0 Å². The molecule has 0 aliphatic rings. The predicted molar refractivity (Wildman–Crippen MR) is 125 cm³/mol. The lowest BCUT2D eigenvalue weighted by Gasteiger charge is -2.13. The van der Waals surface area contributed by atoms with Gasteiger partial charge in [0.05, 0.1) is 16.9 Å². The average Bonchev–Trinajstić information content (AvgIpc) is 3.50. The largest absolute Gasteiger partial charge is 0.278 e. The lowest BCUT2D eigenvalue weighted by Crippen LogP contribution is -2.41. The molecule has 0 saturated heterocycles. The molecule has 0 aliphatic carbocycles. The average molecular weight is 482 g/mol. The Bertz CT molecular complexity index is 1390. The van der Waals surface area contributed by atoms with E-state index in [9.17, 15) is 18.0 Å². The number of sulfonamides is 1. The molecule has 0 atom stereocenters. The fourth-order valence-corrected chi connectivity index (χ4v) is 5.10. The van der Waals surface area contributed by atoms with E-state index < -0.39 is 21.8 Å². The van der Waals surface area contributed by atoms with Crippen molar-refractivity contribution in [3.05, 3.63) is 95.1 Å². The number of carbonyl (C=O) groups excluding carboxylic acids is 2. The molecule has 2 aromatic heterocycles. The molecule has 2 heterocycles. The van der Waals surface area contributed by atoms with Crippen LogP contribution in [0.2, 0.25) is 0 Å². The second kappa shape index (κ2) is 9.27. The molecule has 168 valence electrons. The van der Waals surface area contributed by atoms with Gasteiger partial charge in [-0.3, -0.25) is 25.2 Å². The van der Waals surface area contributed by atoms with Crippen LogP contribution < -0.4 is 15.6 Å². The Morgan fingerprint density at radius 3 is 2.30 bits per heavy atom. The molecule has 3 N–H and O–H groups in total. The summed E-state index contributed by atoms with van der Waals surface area (Å²) in [6, 6.07) is 17.8. The number of thiophene rings is 1. The number of benzene rings is 2. The maximum Gasteiger partial charge on any atom is 0.271 e. The van der Waals surface area contributed by atoms with Crippen molar-refractivity contribution in [3.8, 4) is 5.69 Å². The van der Waals surface area contributed by atoms with Crippen LogP contribution in [-0.4, -0.2) is 30.0 Å². The number of aromatic nitrogens is 2. The zero-order chi connectivity index (χ0) is 23.4. The minimum absolute atomic E-state index is 0.0578. The molecule has 0 spiro atoms. The third-order valence-electron chi connectivity index (χ3n) is 4.67. The summed E-state index contributed by atoms with van der Waals surface area (Å²) in [7, 11) is -3.83. The summed E-state index contributed by atoms with van der Waals surface area (Å²) in [5.74, 6) is -1.19. The molecule has 0 aliphatic heterocycles. The molecule has 9 nitrogen and oxygen atoms in total. The van der Waals surface area contributed by atoms with Crippen molar-refractivity contribution >= 4 is 38.9 Å². The third-order valence-corrected chi connectivity index (χ3v) is 7.43. The molecule has 2 amide bonds. The van der Waals surface area contributed by atoms with E-state index in [4.69, 9.17) is 0 Å². The zero-order valence-corrected chi connectivity index (χ0v) is 19.0. The molecular weight excluding hydrogens is 462 g/mol. The SMILES string of the molecule is Cc1ccnn1-c1ccc(C(=O)NNC(=O)c2ccccc2NS(=O)(=O)c2cccs2)cc1. The van der Waals surface area contributed by atoms with Crippen LogP contribution in [0.25, 0.3) is 5.69 Å². The first kappa shape index (κ1) is 22.2. The Morgan fingerprint density at radius 2 is 1.64 bits per heavy atom. The number of para-hydroxylation sites is 1. The molecule has 33 heavy (non-hydrogen) atoms. The normalized spacial score (nSPS) is 11.1. The van der Waals surface area contributed by atoms with Gasteiger partial charge in [-0.15, -0.1) is 11.3 Å². The van der Waals surface area contributed by atoms with Crippen LogP contribution in [0.15, 0.2) is 82.5 Å². The minimum atomic E-state index is -3.83. The van der Waals surface area contributed by atoms with Crippen LogP contribution >= 0.6 is 11.3 Å². The van der Waals surface area contributed by atoms with E-state index in [1.807, 2.05) is 13.0 Å². The van der Waals surface area contributed by atoms with Gasteiger partial charge in [-0.25, -0.2) is 13.1 Å². The standard InChI is InChI=1S/C22H19N5O4S2/c1-15-12-13-23-27(15)17-10-8-16(9-11-17)21(28)24-25-22(29)18-5-2-3-6-19(18)26-33(30,31)20-7-4-14-32-20/h2-14,26H,1H3,(H,24,28)(H,25,29). The van der Waals surface area contributed by atoms with Crippen LogP contribution in [0.4, 0.5) is 5.69 Å². The highest BCUT2D eigenvalue weighted by molar-refractivity contribution is 7.94. The molecule has 0 fully saturated rings. The van der Waals surface area contributed by atoms with Crippen LogP contribution in [0.1, 0.15) is 26.4 Å². The highest BCUT2D eigenvalue weighted by Crippen LogP contribution is 2.22. The quantitative estimate of drug-likeness (QED) is 0.365. The predicted octanol–water partition coefficient (Wildman–Crippen LogP) is 3.12. The van der Waals surface area contributed by atoms with E-state index in [0.29, 0.717) is 5.56 Å². The van der Waals surface area contributed by atoms with E-state index >= 15 is 0 Å². The first-order valence-electron chi connectivity index (χ1n) is 9.72. The van der Waals surface area contributed by atoms with Gasteiger partial charge in [-0.05, 0) is 60.8 Å². The first-order valence-corrected chi connectivity index (χ1v) is 12.1. The van der Waals surface area contributed by atoms with Crippen LogP contribution in [-0.2, 0) is 10.0 Å². The highest BCUT2D eigenvalue weighted by Gasteiger charge is 2.19. The number of aryl methyl sites for hydroxylation is 1. The Kier molecular flexibility index (Phi) is 6.24. The molecular formula is C22H19N5O4S2. The van der Waals surface area contributed by atoms with Gasteiger partial charge in [0.1, 0.15) is 4.21 Å². The van der Waals surface area contributed by atoms with Gasteiger partial charge in [-0.1, -0.05) is 18.2 Å². The lowest BCUT2D eigenvalue weighted by molar-refractivity contribution is 0.0847. The second-order valence-electron chi connectivity index (χ2n) is 6.92. The van der Waals surface area contributed by atoms with Crippen molar-refractivity contribution in [2.75, 3.05) is 4.72 Å². The molecule has 0 saturated carbocycles. The fourth-order valence-electron chi connectivity index (χ4n) is 3.03. The number of anilines is 1. The van der Waals surface area contributed by atoms with Crippen LogP contribution in [0.5, 0.6) is 0 Å². The maximum absolute atomic E-state index is 12.7. The number of hydrogen-bond donors (Lipinski definition) is 3. The Morgan fingerprint density at radius 1 is 0.909 bits per heavy atom. The summed E-state index contributed by atoms with van der Waals surface area (Å²) < 4.78 is 29.3.